The van der Waals surface area contributed by atoms with Crippen molar-refractivity contribution in [2.24, 2.45) is 22.7 Å². The Kier molecular flexibility index (Phi) is 3.42. The van der Waals surface area contributed by atoms with E-state index in [2.05, 4.69) is 40.7 Å². The molecule has 0 aliphatic heterocycles. The molecule has 0 unspecified atom stereocenters. The molecule has 1 fully saturated rings. The SMILES string of the molecule is CC1=CCC[C@@]2(C)CCC3=C(C)CC[C@@H](C[C@@H]12)C3(C)C. The fourth-order valence-corrected chi connectivity index (χ4v) is 5.61. The first-order valence-electron chi connectivity index (χ1n) is 8.70. The first-order valence-corrected chi connectivity index (χ1v) is 8.70. The lowest BCUT2D eigenvalue weighted by molar-refractivity contribution is 0.0802. The second-order valence-electron chi connectivity index (χ2n) is 8.65. The zero-order chi connectivity index (χ0) is 14.5. The quantitative estimate of drug-likeness (QED) is 0.455. The molecule has 0 aromatic rings. The minimum absolute atomic E-state index is 0.446. The molecule has 3 rings (SSSR count). The van der Waals surface area contributed by atoms with Gasteiger partial charge in [-0.2, -0.15) is 0 Å². The van der Waals surface area contributed by atoms with Gasteiger partial charge in [-0.05, 0) is 81.5 Å². The predicted molar refractivity (Wildman–Crippen MR) is 87.6 cm³/mol. The largest absolute Gasteiger partial charge is 0.0853 e. The van der Waals surface area contributed by atoms with Gasteiger partial charge in [-0.1, -0.05) is 43.6 Å². The Labute approximate surface area is 125 Å². The van der Waals surface area contributed by atoms with Gasteiger partial charge in [0, 0.05) is 0 Å². The minimum atomic E-state index is 0.446. The summed E-state index contributed by atoms with van der Waals surface area (Å²) in [6.45, 7) is 12.4. The highest BCUT2D eigenvalue weighted by molar-refractivity contribution is 5.27. The molecule has 0 heteroatoms. The number of hydrogen-bond acceptors (Lipinski definition) is 0. The van der Waals surface area contributed by atoms with Crippen LogP contribution in [-0.4, -0.2) is 0 Å². The molecule has 20 heavy (non-hydrogen) atoms. The molecule has 3 aliphatic carbocycles. The molecule has 0 radical (unpaired) electrons. The third-order valence-electron chi connectivity index (χ3n) is 7.22. The maximum atomic E-state index is 2.58. The molecular weight excluding hydrogens is 240 g/mol. The normalized spacial score (nSPS) is 40.5. The second-order valence-corrected chi connectivity index (χ2v) is 8.65. The molecular formula is C20H32. The van der Waals surface area contributed by atoms with Gasteiger partial charge in [-0.25, -0.2) is 0 Å². The second kappa shape index (κ2) is 4.75. The van der Waals surface area contributed by atoms with Crippen LogP contribution in [0.4, 0.5) is 0 Å². The van der Waals surface area contributed by atoms with Gasteiger partial charge < -0.3 is 0 Å². The van der Waals surface area contributed by atoms with E-state index in [4.69, 9.17) is 0 Å². The van der Waals surface area contributed by atoms with Gasteiger partial charge in [0.15, 0.2) is 0 Å². The fraction of sp³-hybridized carbons (Fsp3) is 0.800. The summed E-state index contributed by atoms with van der Waals surface area (Å²) in [7, 11) is 0. The van der Waals surface area contributed by atoms with Crippen LogP contribution in [0, 0.1) is 22.7 Å². The number of allylic oxidation sites excluding steroid dienone is 4. The van der Waals surface area contributed by atoms with Crippen LogP contribution in [0.1, 0.15) is 79.6 Å². The third kappa shape index (κ3) is 2.11. The van der Waals surface area contributed by atoms with Crippen LogP contribution in [-0.2, 0) is 0 Å². The molecule has 0 saturated heterocycles. The van der Waals surface area contributed by atoms with Crippen LogP contribution in [0.15, 0.2) is 22.8 Å². The third-order valence-corrected chi connectivity index (χ3v) is 7.22. The Bertz CT molecular complexity index is 462. The van der Waals surface area contributed by atoms with E-state index in [0.717, 1.165) is 11.8 Å². The van der Waals surface area contributed by atoms with Crippen LogP contribution >= 0.6 is 0 Å². The molecule has 0 aromatic carbocycles. The zero-order valence-electron chi connectivity index (χ0n) is 14.2. The lowest BCUT2D eigenvalue weighted by Gasteiger charge is -2.52. The van der Waals surface area contributed by atoms with Crippen molar-refractivity contribution in [1.29, 1.82) is 0 Å². The van der Waals surface area contributed by atoms with E-state index in [-0.39, 0.29) is 0 Å². The average molecular weight is 272 g/mol. The Morgan fingerprint density at radius 2 is 1.80 bits per heavy atom. The molecule has 0 aromatic heterocycles. The van der Waals surface area contributed by atoms with Gasteiger partial charge in [0.25, 0.3) is 0 Å². The van der Waals surface area contributed by atoms with Crippen LogP contribution in [0.2, 0.25) is 0 Å². The van der Waals surface area contributed by atoms with Crippen molar-refractivity contribution in [2.45, 2.75) is 79.6 Å². The van der Waals surface area contributed by atoms with Crippen LogP contribution in [0.3, 0.4) is 0 Å². The van der Waals surface area contributed by atoms with Crippen molar-refractivity contribution in [3.05, 3.63) is 22.8 Å². The maximum absolute atomic E-state index is 2.58. The van der Waals surface area contributed by atoms with Crippen molar-refractivity contribution in [1.82, 2.24) is 0 Å². The van der Waals surface area contributed by atoms with Crippen molar-refractivity contribution < 1.29 is 0 Å². The lowest BCUT2D eigenvalue weighted by Crippen LogP contribution is -2.41. The summed E-state index contributed by atoms with van der Waals surface area (Å²) in [5.41, 5.74) is 6.25. The van der Waals surface area contributed by atoms with Crippen LogP contribution in [0.25, 0.3) is 0 Å². The van der Waals surface area contributed by atoms with Gasteiger partial charge in [0.05, 0.1) is 0 Å². The summed E-state index contributed by atoms with van der Waals surface area (Å²) < 4.78 is 0. The number of rotatable bonds is 0. The van der Waals surface area contributed by atoms with Gasteiger partial charge in [0.1, 0.15) is 0 Å². The summed E-state index contributed by atoms with van der Waals surface area (Å²) in [6.07, 6.45) is 12.2. The van der Waals surface area contributed by atoms with Gasteiger partial charge in [-0.3, -0.25) is 0 Å². The highest BCUT2D eigenvalue weighted by atomic mass is 14.5. The van der Waals surface area contributed by atoms with E-state index in [1.807, 2.05) is 5.57 Å². The topological polar surface area (TPSA) is 0 Å². The molecule has 0 nitrogen and oxygen atoms in total. The summed E-state index contributed by atoms with van der Waals surface area (Å²) in [4.78, 5) is 0. The van der Waals surface area contributed by atoms with E-state index in [1.54, 1.807) is 11.1 Å². The summed E-state index contributed by atoms with van der Waals surface area (Å²) in [5.74, 6) is 1.74. The molecule has 0 amide bonds. The first kappa shape index (κ1) is 14.4. The monoisotopic (exact) mass is 272 g/mol. The van der Waals surface area contributed by atoms with Gasteiger partial charge in [0.2, 0.25) is 0 Å². The zero-order valence-corrected chi connectivity index (χ0v) is 14.2. The Morgan fingerprint density at radius 1 is 1.05 bits per heavy atom. The first-order chi connectivity index (χ1) is 9.34. The molecule has 1 saturated carbocycles. The molecule has 112 valence electrons. The van der Waals surface area contributed by atoms with Gasteiger partial charge in [-0.15, -0.1) is 0 Å². The van der Waals surface area contributed by atoms with E-state index in [0.29, 0.717) is 10.8 Å². The molecule has 0 spiro atoms. The van der Waals surface area contributed by atoms with Crippen molar-refractivity contribution in [3.8, 4) is 0 Å². The predicted octanol–water partition coefficient (Wildman–Crippen LogP) is 6.29. The van der Waals surface area contributed by atoms with Gasteiger partial charge >= 0.3 is 0 Å². The van der Waals surface area contributed by atoms with E-state index in [9.17, 15) is 0 Å². The lowest BCUT2D eigenvalue weighted by atomic mass is 9.53. The van der Waals surface area contributed by atoms with Crippen molar-refractivity contribution in [3.63, 3.8) is 0 Å². The molecule has 0 heterocycles. The number of hydrogen-bond donors (Lipinski definition) is 0. The average Bonchev–Trinajstić information content (AvgIpc) is 2.35. The molecule has 3 atom stereocenters. The Hall–Kier alpha value is -0.520. The Balaban J connectivity index is 2.01. The summed E-state index contributed by atoms with van der Waals surface area (Å²) in [5, 5.41) is 0. The van der Waals surface area contributed by atoms with Crippen molar-refractivity contribution in [2.75, 3.05) is 0 Å². The fourth-order valence-electron chi connectivity index (χ4n) is 5.61. The highest BCUT2D eigenvalue weighted by Gasteiger charge is 2.46. The van der Waals surface area contributed by atoms with E-state index >= 15 is 0 Å². The smallest absolute Gasteiger partial charge is 0.0114 e. The van der Waals surface area contributed by atoms with Crippen LogP contribution in [0.5, 0.6) is 0 Å². The van der Waals surface area contributed by atoms with E-state index in [1.165, 1.54) is 44.9 Å². The molecule has 2 bridgehead atoms. The van der Waals surface area contributed by atoms with E-state index < -0.39 is 0 Å². The van der Waals surface area contributed by atoms with Crippen LogP contribution < -0.4 is 0 Å². The Morgan fingerprint density at radius 3 is 2.55 bits per heavy atom. The molecule has 3 aliphatic rings. The molecule has 0 N–H and O–H groups in total. The summed E-state index contributed by atoms with van der Waals surface area (Å²) in [6, 6.07) is 0. The standard InChI is InChI=1S/C20H32/c1-14-7-6-11-20(5)12-10-17-15(2)8-9-16(13-18(14)20)19(17,3)4/h7,16,18H,6,8-13H2,1-5H3/t16-,18-,20-/m0/s1. The maximum Gasteiger partial charge on any atom is -0.0114 e. The number of fused-ring (bicyclic) bond motifs is 3. The van der Waals surface area contributed by atoms with Crippen molar-refractivity contribution >= 4 is 0 Å². The highest BCUT2D eigenvalue weighted by Crippen LogP contribution is 2.57. The summed E-state index contributed by atoms with van der Waals surface area (Å²) >= 11 is 0. The minimum Gasteiger partial charge on any atom is -0.0853 e.